The molecule has 1 aromatic carbocycles. The van der Waals surface area contributed by atoms with Crippen LogP contribution in [0.2, 0.25) is 0 Å². The summed E-state index contributed by atoms with van der Waals surface area (Å²) in [5.74, 6) is 1.44. The number of ether oxygens (including phenoxy) is 2. The van der Waals surface area contributed by atoms with E-state index >= 15 is 0 Å². The largest absolute Gasteiger partial charge is 0.493 e. The molecular weight excluding hydrogens is 202 g/mol. The van der Waals surface area contributed by atoms with Crippen LogP contribution in [-0.4, -0.2) is 14.2 Å². The average Bonchev–Trinajstić information content (AvgIpc) is 2.34. The van der Waals surface area contributed by atoms with Crippen LogP contribution in [0.25, 0.3) is 0 Å². The van der Waals surface area contributed by atoms with Gasteiger partial charge in [-0.2, -0.15) is 0 Å². The molecule has 88 valence electrons. The summed E-state index contributed by atoms with van der Waals surface area (Å²) in [6, 6.07) is 5.78. The van der Waals surface area contributed by atoms with Crippen LogP contribution in [0.15, 0.2) is 30.9 Å². The van der Waals surface area contributed by atoms with Crippen LogP contribution in [0.4, 0.5) is 0 Å². The lowest BCUT2D eigenvalue weighted by molar-refractivity contribution is 0.354. The summed E-state index contributed by atoms with van der Waals surface area (Å²) >= 11 is 0. The van der Waals surface area contributed by atoms with Crippen LogP contribution in [0, 0.1) is 0 Å². The summed E-state index contributed by atoms with van der Waals surface area (Å²) in [4.78, 5) is 0. The maximum absolute atomic E-state index is 6.05. The Morgan fingerprint density at radius 3 is 2.56 bits per heavy atom. The molecule has 1 atom stereocenters. The number of hydrogen-bond donors (Lipinski definition) is 1. The number of allylic oxidation sites excluding steroid dienone is 1. The third-order valence-corrected chi connectivity index (χ3v) is 2.52. The van der Waals surface area contributed by atoms with E-state index < -0.39 is 0 Å². The number of hydrogen-bond acceptors (Lipinski definition) is 3. The Kier molecular flexibility index (Phi) is 4.86. The number of rotatable bonds is 6. The van der Waals surface area contributed by atoms with Crippen LogP contribution in [0.5, 0.6) is 11.5 Å². The average molecular weight is 221 g/mol. The quantitative estimate of drug-likeness (QED) is 0.751. The lowest BCUT2D eigenvalue weighted by Gasteiger charge is -2.14. The van der Waals surface area contributed by atoms with Gasteiger partial charge in [0.1, 0.15) is 0 Å². The van der Waals surface area contributed by atoms with E-state index in [0.29, 0.717) is 5.75 Å². The fourth-order valence-corrected chi connectivity index (χ4v) is 1.55. The van der Waals surface area contributed by atoms with Gasteiger partial charge in [-0.25, -0.2) is 0 Å². The number of methoxy groups -OCH3 is 2. The van der Waals surface area contributed by atoms with E-state index in [0.717, 1.165) is 24.2 Å². The molecule has 0 heterocycles. The Bertz CT molecular complexity index is 350. The molecule has 1 rings (SSSR count). The molecule has 0 saturated carbocycles. The lowest BCUT2D eigenvalue weighted by Crippen LogP contribution is -2.10. The topological polar surface area (TPSA) is 44.5 Å². The van der Waals surface area contributed by atoms with E-state index in [4.69, 9.17) is 15.2 Å². The Morgan fingerprint density at radius 1 is 1.31 bits per heavy atom. The summed E-state index contributed by atoms with van der Waals surface area (Å²) in [5, 5.41) is 0. The fourth-order valence-electron chi connectivity index (χ4n) is 1.55. The van der Waals surface area contributed by atoms with Gasteiger partial charge in [-0.3, -0.25) is 0 Å². The van der Waals surface area contributed by atoms with Gasteiger partial charge in [0.05, 0.1) is 14.2 Å². The van der Waals surface area contributed by atoms with Crippen molar-refractivity contribution in [1.82, 2.24) is 0 Å². The first-order valence-corrected chi connectivity index (χ1v) is 5.31. The second kappa shape index (κ2) is 6.18. The third kappa shape index (κ3) is 3.00. The monoisotopic (exact) mass is 221 g/mol. The Labute approximate surface area is 96.9 Å². The van der Waals surface area contributed by atoms with E-state index in [2.05, 4.69) is 6.58 Å². The molecule has 0 aliphatic rings. The van der Waals surface area contributed by atoms with Gasteiger partial charge < -0.3 is 15.2 Å². The van der Waals surface area contributed by atoms with Gasteiger partial charge in [0.15, 0.2) is 11.5 Å². The smallest absolute Gasteiger partial charge is 0.161 e. The first-order chi connectivity index (χ1) is 7.72. The lowest BCUT2D eigenvalue weighted by atomic mass is 10.0. The molecule has 2 N–H and O–H groups in total. The zero-order chi connectivity index (χ0) is 12.0. The van der Waals surface area contributed by atoms with E-state index in [9.17, 15) is 0 Å². The zero-order valence-electron chi connectivity index (χ0n) is 9.90. The van der Waals surface area contributed by atoms with Crippen molar-refractivity contribution in [2.45, 2.75) is 18.9 Å². The molecular formula is C13H19NO2. The minimum absolute atomic E-state index is 0.0119. The SMILES string of the molecule is C=CCC[C@H](N)c1ccc(OC)c(OC)c1. The maximum Gasteiger partial charge on any atom is 0.161 e. The highest BCUT2D eigenvalue weighted by molar-refractivity contribution is 5.43. The molecule has 0 fully saturated rings. The minimum Gasteiger partial charge on any atom is -0.493 e. The molecule has 0 amide bonds. The van der Waals surface area contributed by atoms with E-state index in [1.807, 2.05) is 24.3 Å². The zero-order valence-corrected chi connectivity index (χ0v) is 9.90. The summed E-state index contributed by atoms with van der Waals surface area (Å²) in [5.41, 5.74) is 7.11. The summed E-state index contributed by atoms with van der Waals surface area (Å²) in [7, 11) is 3.24. The Balaban J connectivity index is 2.85. The molecule has 3 heteroatoms. The van der Waals surface area contributed by atoms with Crippen LogP contribution in [-0.2, 0) is 0 Å². The van der Waals surface area contributed by atoms with Crippen molar-refractivity contribution in [1.29, 1.82) is 0 Å². The Hall–Kier alpha value is -1.48. The maximum atomic E-state index is 6.05. The van der Waals surface area contributed by atoms with Crippen LogP contribution in [0.1, 0.15) is 24.4 Å². The molecule has 0 unspecified atom stereocenters. The van der Waals surface area contributed by atoms with Crippen LogP contribution >= 0.6 is 0 Å². The normalized spacial score (nSPS) is 11.9. The molecule has 0 radical (unpaired) electrons. The van der Waals surface area contributed by atoms with Crippen molar-refractivity contribution >= 4 is 0 Å². The van der Waals surface area contributed by atoms with Crippen molar-refractivity contribution in [3.63, 3.8) is 0 Å². The molecule has 0 saturated heterocycles. The third-order valence-electron chi connectivity index (χ3n) is 2.52. The first-order valence-electron chi connectivity index (χ1n) is 5.31. The van der Waals surface area contributed by atoms with Gasteiger partial charge in [0.2, 0.25) is 0 Å². The van der Waals surface area contributed by atoms with Crippen molar-refractivity contribution in [3.8, 4) is 11.5 Å². The Morgan fingerprint density at radius 2 is 2.00 bits per heavy atom. The number of nitrogens with two attached hydrogens (primary N) is 1. The van der Waals surface area contributed by atoms with Crippen molar-refractivity contribution in [3.05, 3.63) is 36.4 Å². The molecule has 1 aromatic rings. The van der Waals surface area contributed by atoms with Crippen molar-refractivity contribution < 1.29 is 9.47 Å². The summed E-state index contributed by atoms with van der Waals surface area (Å²) in [6.07, 6.45) is 3.68. The van der Waals surface area contributed by atoms with Crippen LogP contribution < -0.4 is 15.2 Å². The highest BCUT2D eigenvalue weighted by Crippen LogP contribution is 2.30. The molecule has 0 bridgehead atoms. The van der Waals surface area contributed by atoms with E-state index in [-0.39, 0.29) is 6.04 Å². The molecule has 0 aliphatic heterocycles. The van der Waals surface area contributed by atoms with E-state index in [1.165, 1.54) is 0 Å². The molecule has 0 aliphatic carbocycles. The van der Waals surface area contributed by atoms with Crippen LogP contribution in [0.3, 0.4) is 0 Å². The predicted molar refractivity (Wildman–Crippen MR) is 65.9 cm³/mol. The standard InChI is InChI=1S/C13H19NO2/c1-4-5-6-11(14)10-7-8-12(15-2)13(9-10)16-3/h4,7-9,11H,1,5-6,14H2,2-3H3/t11-/m0/s1. The van der Waals surface area contributed by atoms with Gasteiger partial charge in [-0.15, -0.1) is 6.58 Å². The molecule has 0 spiro atoms. The second-order valence-corrected chi connectivity index (χ2v) is 3.59. The van der Waals surface area contributed by atoms with Gasteiger partial charge >= 0.3 is 0 Å². The van der Waals surface area contributed by atoms with Gasteiger partial charge in [-0.1, -0.05) is 12.1 Å². The van der Waals surface area contributed by atoms with Crippen molar-refractivity contribution in [2.75, 3.05) is 14.2 Å². The van der Waals surface area contributed by atoms with Gasteiger partial charge in [-0.05, 0) is 30.5 Å². The highest BCUT2D eigenvalue weighted by atomic mass is 16.5. The van der Waals surface area contributed by atoms with Gasteiger partial charge in [0.25, 0.3) is 0 Å². The molecule has 0 aromatic heterocycles. The van der Waals surface area contributed by atoms with Crippen molar-refractivity contribution in [2.24, 2.45) is 5.73 Å². The summed E-state index contributed by atoms with van der Waals surface area (Å²) in [6.45, 7) is 3.69. The highest BCUT2D eigenvalue weighted by Gasteiger charge is 2.09. The number of benzene rings is 1. The predicted octanol–water partition coefficient (Wildman–Crippen LogP) is 2.67. The van der Waals surface area contributed by atoms with Gasteiger partial charge in [0, 0.05) is 6.04 Å². The van der Waals surface area contributed by atoms with E-state index in [1.54, 1.807) is 14.2 Å². The second-order valence-electron chi connectivity index (χ2n) is 3.59. The molecule has 3 nitrogen and oxygen atoms in total. The fraction of sp³-hybridized carbons (Fsp3) is 0.385. The first kappa shape index (κ1) is 12.6. The molecule has 16 heavy (non-hydrogen) atoms. The minimum atomic E-state index is 0.0119. The summed E-state index contributed by atoms with van der Waals surface area (Å²) < 4.78 is 10.4.